The zero-order valence-electron chi connectivity index (χ0n) is 17.4. The van der Waals surface area contributed by atoms with E-state index in [1.54, 1.807) is 60.7 Å². The number of hydrogen-bond acceptors (Lipinski definition) is 7. The molecule has 0 atom stereocenters. The van der Waals surface area contributed by atoms with Crippen molar-refractivity contribution in [3.8, 4) is 11.5 Å². The summed E-state index contributed by atoms with van der Waals surface area (Å²) in [6.45, 7) is 0. The SMILES string of the molecule is CN1C(c2nnc(-c3ccccc3)o2)=C(OC(=O)c2ccccc2)c2ccccc2S1(=O)=O. The molecule has 33 heavy (non-hydrogen) atoms. The molecule has 3 aromatic carbocycles. The van der Waals surface area contributed by atoms with E-state index in [1.165, 1.54) is 13.1 Å². The number of nitrogens with zero attached hydrogens (tertiary/aromatic N) is 3. The lowest BCUT2D eigenvalue weighted by Gasteiger charge is -2.29. The molecule has 0 bridgehead atoms. The summed E-state index contributed by atoms with van der Waals surface area (Å²) in [6.07, 6.45) is 0. The van der Waals surface area contributed by atoms with E-state index in [1.807, 2.05) is 18.2 Å². The second kappa shape index (κ2) is 8.03. The van der Waals surface area contributed by atoms with E-state index in [0.29, 0.717) is 11.1 Å². The molecule has 2 heterocycles. The van der Waals surface area contributed by atoms with Gasteiger partial charge in [0.05, 0.1) is 10.5 Å². The molecule has 0 saturated heterocycles. The molecule has 9 heteroatoms. The normalized spacial score (nSPS) is 14.6. The molecular weight excluding hydrogens is 442 g/mol. The van der Waals surface area contributed by atoms with E-state index in [9.17, 15) is 13.2 Å². The first-order valence-corrected chi connectivity index (χ1v) is 11.4. The van der Waals surface area contributed by atoms with Gasteiger partial charge in [-0.05, 0) is 36.4 Å². The summed E-state index contributed by atoms with van der Waals surface area (Å²) in [7, 11) is -2.60. The van der Waals surface area contributed by atoms with Gasteiger partial charge in [0.15, 0.2) is 11.5 Å². The summed E-state index contributed by atoms with van der Waals surface area (Å²) in [5, 5.41) is 8.12. The van der Waals surface area contributed by atoms with Crippen LogP contribution in [0.4, 0.5) is 0 Å². The number of hydrogen-bond donors (Lipinski definition) is 0. The number of fused-ring (bicyclic) bond motifs is 1. The Morgan fingerprint density at radius 1 is 0.848 bits per heavy atom. The molecule has 1 aromatic heterocycles. The highest BCUT2D eigenvalue weighted by atomic mass is 32.2. The summed E-state index contributed by atoms with van der Waals surface area (Å²) in [5.41, 5.74) is 1.19. The molecule has 0 fully saturated rings. The lowest BCUT2D eigenvalue weighted by Crippen LogP contribution is -2.31. The van der Waals surface area contributed by atoms with Gasteiger partial charge in [-0.25, -0.2) is 13.2 Å². The Labute approximate surface area is 189 Å². The maximum atomic E-state index is 13.2. The van der Waals surface area contributed by atoms with Crippen LogP contribution in [-0.4, -0.2) is 35.9 Å². The van der Waals surface area contributed by atoms with Crippen LogP contribution in [-0.2, 0) is 14.8 Å². The average Bonchev–Trinajstić information content (AvgIpc) is 3.34. The van der Waals surface area contributed by atoms with E-state index in [4.69, 9.17) is 9.15 Å². The molecule has 0 amide bonds. The Morgan fingerprint density at radius 3 is 2.18 bits per heavy atom. The number of aromatic nitrogens is 2. The predicted octanol–water partition coefficient (Wildman–Crippen LogP) is 4.05. The zero-order chi connectivity index (χ0) is 23.0. The minimum absolute atomic E-state index is 0.00918. The maximum Gasteiger partial charge on any atom is 0.343 e. The largest absolute Gasteiger partial charge is 0.420 e. The van der Waals surface area contributed by atoms with Crippen LogP contribution in [0.2, 0.25) is 0 Å². The fourth-order valence-corrected chi connectivity index (χ4v) is 4.88. The first kappa shape index (κ1) is 20.7. The van der Waals surface area contributed by atoms with E-state index in [2.05, 4.69) is 10.2 Å². The van der Waals surface area contributed by atoms with Crippen LogP contribution < -0.4 is 0 Å². The number of ether oxygens (including phenoxy) is 1. The Balaban J connectivity index is 1.70. The van der Waals surface area contributed by atoms with Crippen LogP contribution in [0, 0.1) is 0 Å². The number of sulfonamides is 1. The van der Waals surface area contributed by atoms with Gasteiger partial charge in [-0.1, -0.05) is 48.5 Å². The molecule has 0 spiro atoms. The highest BCUT2D eigenvalue weighted by Gasteiger charge is 2.39. The summed E-state index contributed by atoms with van der Waals surface area (Å²) in [4.78, 5) is 12.9. The number of carbonyl (C=O) groups excluding carboxylic acids is 1. The van der Waals surface area contributed by atoms with Crippen molar-refractivity contribution in [1.29, 1.82) is 0 Å². The third kappa shape index (κ3) is 3.58. The van der Waals surface area contributed by atoms with Crippen LogP contribution in [0.1, 0.15) is 21.8 Å². The molecular formula is C24H17N3O5S. The van der Waals surface area contributed by atoms with Crippen LogP contribution in [0.3, 0.4) is 0 Å². The van der Waals surface area contributed by atoms with Crippen molar-refractivity contribution >= 4 is 27.4 Å². The third-order valence-corrected chi connectivity index (χ3v) is 6.97. The second-order valence-corrected chi connectivity index (χ2v) is 9.12. The van der Waals surface area contributed by atoms with Gasteiger partial charge in [0.2, 0.25) is 5.89 Å². The minimum atomic E-state index is -3.95. The van der Waals surface area contributed by atoms with Gasteiger partial charge in [0, 0.05) is 18.2 Å². The van der Waals surface area contributed by atoms with E-state index < -0.39 is 16.0 Å². The predicted molar refractivity (Wildman–Crippen MR) is 120 cm³/mol. The minimum Gasteiger partial charge on any atom is -0.420 e. The summed E-state index contributed by atoms with van der Waals surface area (Å²) in [5.74, 6) is -0.518. The van der Waals surface area contributed by atoms with Crippen molar-refractivity contribution in [3.05, 3.63) is 102 Å². The molecule has 4 aromatic rings. The van der Waals surface area contributed by atoms with Gasteiger partial charge >= 0.3 is 5.97 Å². The standard InChI is InChI=1S/C24H17N3O5S/c1-27-20(23-26-25-22(32-23)16-10-4-2-5-11-16)21(31-24(28)17-12-6-3-7-13-17)18-14-8-9-15-19(18)33(27,29)30/h2-15H,1H3. The molecule has 0 unspecified atom stereocenters. The van der Waals surface area contributed by atoms with Gasteiger partial charge in [0.1, 0.15) is 0 Å². The number of benzene rings is 3. The van der Waals surface area contributed by atoms with Gasteiger partial charge in [-0.3, -0.25) is 4.31 Å². The fourth-order valence-electron chi connectivity index (χ4n) is 3.49. The highest BCUT2D eigenvalue weighted by molar-refractivity contribution is 7.89. The molecule has 8 nitrogen and oxygen atoms in total. The monoisotopic (exact) mass is 459 g/mol. The van der Waals surface area contributed by atoms with Crippen LogP contribution in [0.5, 0.6) is 0 Å². The molecule has 0 saturated carbocycles. The second-order valence-electron chi connectivity index (χ2n) is 7.18. The molecule has 164 valence electrons. The van der Waals surface area contributed by atoms with Gasteiger partial charge < -0.3 is 9.15 Å². The zero-order valence-corrected chi connectivity index (χ0v) is 18.2. The highest BCUT2D eigenvalue weighted by Crippen LogP contribution is 2.41. The Bertz CT molecular complexity index is 1480. The number of rotatable bonds is 4. The Morgan fingerprint density at radius 2 is 1.45 bits per heavy atom. The Hall–Kier alpha value is -4.24. The van der Waals surface area contributed by atoms with E-state index in [0.717, 1.165) is 4.31 Å². The lowest BCUT2D eigenvalue weighted by molar-refractivity contribution is 0.0690. The van der Waals surface area contributed by atoms with Crippen molar-refractivity contribution in [2.45, 2.75) is 4.90 Å². The summed E-state index contributed by atoms with van der Waals surface area (Å²) < 4.78 is 39.0. The summed E-state index contributed by atoms with van der Waals surface area (Å²) >= 11 is 0. The van der Waals surface area contributed by atoms with Crippen LogP contribution in [0.25, 0.3) is 22.9 Å². The third-order valence-electron chi connectivity index (χ3n) is 5.15. The van der Waals surface area contributed by atoms with Crippen LogP contribution in [0.15, 0.2) is 94.2 Å². The van der Waals surface area contributed by atoms with Gasteiger partial charge in [0.25, 0.3) is 15.9 Å². The lowest BCUT2D eigenvalue weighted by atomic mass is 10.1. The van der Waals surface area contributed by atoms with Crippen molar-refractivity contribution in [2.24, 2.45) is 0 Å². The van der Waals surface area contributed by atoms with Crippen molar-refractivity contribution in [3.63, 3.8) is 0 Å². The molecule has 5 rings (SSSR count). The van der Waals surface area contributed by atoms with Gasteiger partial charge in [-0.2, -0.15) is 0 Å². The molecule has 1 aliphatic heterocycles. The van der Waals surface area contributed by atoms with Crippen molar-refractivity contribution in [1.82, 2.24) is 14.5 Å². The first-order chi connectivity index (χ1) is 16.0. The summed E-state index contributed by atoms with van der Waals surface area (Å²) in [6, 6.07) is 23.8. The molecule has 0 aliphatic carbocycles. The molecule has 0 N–H and O–H groups in total. The number of carbonyl (C=O) groups is 1. The maximum absolute atomic E-state index is 13.2. The van der Waals surface area contributed by atoms with Crippen LogP contribution >= 0.6 is 0 Å². The van der Waals surface area contributed by atoms with E-state index in [-0.39, 0.29) is 33.7 Å². The first-order valence-electron chi connectivity index (χ1n) is 9.96. The van der Waals surface area contributed by atoms with Gasteiger partial charge in [-0.15, -0.1) is 10.2 Å². The quantitative estimate of drug-likeness (QED) is 0.424. The van der Waals surface area contributed by atoms with Crippen molar-refractivity contribution < 1.29 is 22.4 Å². The molecule has 1 aliphatic rings. The smallest absolute Gasteiger partial charge is 0.343 e. The van der Waals surface area contributed by atoms with E-state index >= 15 is 0 Å². The average molecular weight is 459 g/mol. The van der Waals surface area contributed by atoms with Crippen molar-refractivity contribution in [2.75, 3.05) is 7.05 Å². The fraction of sp³-hybridized carbons (Fsp3) is 0.0417. The Kier molecular flexibility index (Phi) is 5.02. The molecule has 0 radical (unpaired) electrons. The number of esters is 1. The topological polar surface area (TPSA) is 103 Å².